The van der Waals surface area contributed by atoms with E-state index in [9.17, 15) is 8.42 Å². The predicted molar refractivity (Wildman–Crippen MR) is 48.1 cm³/mol. The maximum atomic E-state index is 10.9. The lowest BCUT2D eigenvalue weighted by atomic mass is 10.3. The van der Waals surface area contributed by atoms with E-state index in [2.05, 4.69) is 0 Å². The van der Waals surface area contributed by atoms with Gasteiger partial charge in [0.25, 0.3) is 10.2 Å². The average Bonchev–Trinajstić information content (AvgIpc) is 2.47. The number of ether oxygens (including phenoxy) is 1. The number of rotatable bonds is 4. The molecule has 0 spiro atoms. The molecule has 1 aliphatic rings. The normalized spacial score (nSPS) is 25.2. The van der Waals surface area contributed by atoms with Crippen molar-refractivity contribution in [1.29, 1.82) is 0 Å². The van der Waals surface area contributed by atoms with E-state index in [1.54, 1.807) is 0 Å². The van der Waals surface area contributed by atoms with Crippen molar-refractivity contribution in [3.05, 3.63) is 0 Å². The van der Waals surface area contributed by atoms with Crippen LogP contribution in [-0.4, -0.2) is 45.1 Å². The predicted octanol–water partition coefficient (Wildman–Crippen LogP) is -1.76. The van der Waals surface area contributed by atoms with Gasteiger partial charge in [-0.3, -0.25) is 0 Å². The van der Waals surface area contributed by atoms with Crippen LogP contribution in [0.3, 0.4) is 0 Å². The molecule has 1 heterocycles. The van der Waals surface area contributed by atoms with Crippen LogP contribution in [0.2, 0.25) is 0 Å². The minimum Gasteiger partial charge on any atom is -0.375 e. The summed E-state index contributed by atoms with van der Waals surface area (Å²) in [6.45, 7) is 1.70. The topological polar surface area (TPSA) is 98.7 Å². The van der Waals surface area contributed by atoms with E-state index in [0.29, 0.717) is 32.7 Å². The molecule has 0 amide bonds. The fourth-order valence-corrected chi connectivity index (χ4v) is 2.03. The summed E-state index contributed by atoms with van der Waals surface area (Å²) in [5, 5.41) is 4.95. The minimum atomic E-state index is -3.54. The Morgan fingerprint density at radius 3 is 2.69 bits per heavy atom. The van der Waals surface area contributed by atoms with Gasteiger partial charge >= 0.3 is 0 Å². The van der Waals surface area contributed by atoms with Crippen LogP contribution < -0.4 is 10.9 Å². The molecule has 0 aliphatic carbocycles. The van der Waals surface area contributed by atoms with Gasteiger partial charge in [-0.05, 0) is 6.42 Å². The maximum absolute atomic E-state index is 10.9. The maximum Gasteiger partial charge on any atom is 0.276 e. The van der Waals surface area contributed by atoms with Gasteiger partial charge in [0, 0.05) is 19.6 Å². The number of hydrogen-bond acceptors (Lipinski definition) is 4. The first-order valence-corrected chi connectivity index (χ1v) is 5.64. The van der Waals surface area contributed by atoms with E-state index >= 15 is 0 Å². The lowest BCUT2D eigenvalue weighted by Crippen LogP contribution is -2.35. The highest BCUT2D eigenvalue weighted by atomic mass is 32.2. The molecule has 1 unspecified atom stereocenters. The van der Waals surface area contributed by atoms with Crippen LogP contribution in [0.5, 0.6) is 0 Å². The van der Waals surface area contributed by atoms with Crippen molar-refractivity contribution in [3.63, 3.8) is 0 Å². The molecule has 13 heavy (non-hydrogen) atoms. The molecule has 4 N–H and O–H groups in total. The Hall–Kier alpha value is -0.210. The van der Waals surface area contributed by atoms with E-state index in [4.69, 9.17) is 15.6 Å². The molecule has 1 rings (SSSR count). The molecule has 0 bridgehead atoms. The van der Waals surface area contributed by atoms with Gasteiger partial charge < -0.3 is 10.5 Å². The molecule has 7 heteroatoms. The lowest BCUT2D eigenvalue weighted by molar-refractivity contribution is 0.0694. The highest BCUT2D eigenvalue weighted by Crippen LogP contribution is 2.13. The quantitative estimate of drug-likeness (QED) is 0.573. The van der Waals surface area contributed by atoms with Gasteiger partial charge in [-0.15, -0.1) is 0 Å². The number of nitrogens with zero attached hydrogens (tertiary/aromatic N) is 1. The summed E-state index contributed by atoms with van der Waals surface area (Å²) in [7, 11) is -3.54. The van der Waals surface area contributed by atoms with E-state index < -0.39 is 10.2 Å². The molecule has 0 aromatic rings. The van der Waals surface area contributed by atoms with Crippen LogP contribution in [0.1, 0.15) is 6.42 Å². The van der Waals surface area contributed by atoms with Crippen molar-refractivity contribution < 1.29 is 13.2 Å². The Labute approximate surface area is 78.0 Å². The monoisotopic (exact) mass is 209 g/mol. The molecule has 1 fully saturated rings. The first-order valence-electron chi connectivity index (χ1n) is 4.13. The molecule has 1 atom stereocenters. The molecular formula is C6H15N3O3S. The standard InChI is InChI=1S/C6H15N3O3S/c7-2-4-12-6-1-3-9(5-6)13(8,10)11/h6H,1-5,7H2,(H2,8,10,11). The van der Waals surface area contributed by atoms with Crippen LogP contribution in [0.15, 0.2) is 0 Å². The molecular weight excluding hydrogens is 194 g/mol. The zero-order chi connectivity index (χ0) is 9.90. The zero-order valence-electron chi connectivity index (χ0n) is 7.35. The second-order valence-electron chi connectivity index (χ2n) is 2.97. The van der Waals surface area contributed by atoms with E-state index in [-0.39, 0.29) is 6.10 Å². The zero-order valence-corrected chi connectivity index (χ0v) is 8.16. The third-order valence-corrected chi connectivity index (χ3v) is 2.99. The van der Waals surface area contributed by atoms with Crippen LogP contribution in [0, 0.1) is 0 Å². The summed E-state index contributed by atoms with van der Waals surface area (Å²) in [5.74, 6) is 0. The molecule has 78 valence electrons. The number of nitrogens with two attached hydrogens (primary N) is 2. The van der Waals surface area contributed by atoms with Gasteiger partial charge in [0.1, 0.15) is 0 Å². The Kier molecular flexibility index (Phi) is 3.63. The fourth-order valence-electron chi connectivity index (χ4n) is 1.30. The van der Waals surface area contributed by atoms with Gasteiger partial charge in [-0.1, -0.05) is 0 Å². The molecule has 1 aliphatic heterocycles. The van der Waals surface area contributed by atoms with Gasteiger partial charge in [0.2, 0.25) is 0 Å². The van der Waals surface area contributed by atoms with Crippen LogP contribution >= 0.6 is 0 Å². The lowest BCUT2D eigenvalue weighted by Gasteiger charge is -2.12. The van der Waals surface area contributed by atoms with Gasteiger partial charge in [-0.25, -0.2) is 5.14 Å². The van der Waals surface area contributed by atoms with Crippen molar-refractivity contribution in [2.45, 2.75) is 12.5 Å². The first kappa shape index (κ1) is 10.9. The molecule has 0 saturated carbocycles. The SMILES string of the molecule is NCCOC1CCN(S(N)(=O)=O)C1. The summed E-state index contributed by atoms with van der Waals surface area (Å²) >= 11 is 0. The minimum absolute atomic E-state index is 0.0538. The van der Waals surface area contributed by atoms with Crippen molar-refractivity contribution in [3.8, 4) is 0 Å². The Bertz CT molecular complexity index is 254. The summed E-state index contributed by atoms with van der Waals surface area (Å²) < 4.78 is 28.3. The summed E-state index contributed by atoms with van der Waals surface area (Å²) in [4.78, 5) is 0. The molecule has 6 nitrogen and oxygen atoms in total. The highest BCUT2D eigenvalue weighted by molar-refractivity contribution is 7.86. The van der Waals surface area contributed by atoms with Crippen molar-refractivity contribution in [2.75, 3.05) is 26.2 Å². The van der Waals surface area contributed by atoms with Crippen molar-refractivity contribution in [2.24, 2.45) is 10.9 Å². The van der Waals surface area contributed by atoms with Crippen LogP contribution in [0.25, 0.3) is 0 Å². The van der Waals surface area contributed by atoms with Crippen LogP contribution in [-0.2, 0) is 14.9 Å². The van der Waals surface area contributed by atoms with Crippen LogP contribution in [0.4, 0.5) is 0 Å². The average molecular weight is 209 g/mol. The highest BCUT2D eigenvalue weighted by Gasteiger charge is 2.29. The number of hydrogen-bond donors (Lipinski definition) is 2. The smallest absolute Gasteiger partial charge is 0.276 e. The first-order chi connectivity index (χ1) is 6.04. The molecule has 0 aromatic heterocycles. The third-order valence-electron chi connectivity index (χ3n) is 1.94. The Morgan fingerprint density at radius 1 is 1.54 bits per heavy atom. The van der Waals surface area contributed by atoms with Crippen molar-refractivity contribution >= 4 is 10.2 Å². The largest absolute Gasteiger partial charge is 0.375 e. The third kappa shape index (κ3) is 3.20. The second kappa shape index (κ2) is 4.34. The molecule has 0 radical (unpaired) electrons. The van der Waals surface area contributed by atoms with Gasteiger partial charge in [0.05, 0.1) is 12.7 Å². The molecule has 1 saturated heterocycles. The van der Waals surface area contributed by atoms with E-state index in [0.717, 1.165) is 0 Å². The summed E-state index contributed by atoms with van der Waals surface area (Å²) in [6.07, 6.45) is 0.637. The summed E-state index contributed by atoms with van der Waals surface area (Å²) in [6, 6.07) is 0. The van der Waals surface area contributed by atoms with Gasteiger partial charge in [0.15, 0.2) is 0 Å². The van der Waals surface area contributed by atoms with Crippen molar-refractivity contribution in [1.82, 2.24) is 4.31 Å². The van der Waals surface area contributed by atoms with Gasteiger partial charge in [-0.2, -0.15) is 12.7 Å². The second-order valence-corrected chi connectivity index (χ2v) is 4.52. The van der Waals surface area contributed by atoms with E-state index in [1.165, 1.54) is 4.31 Å². The summed E-state index contributed by atoms with van der Waals surface area (Å²) in [5.41, 5.74) is 5.25. The Balaban J connectivity index is 2.37. The molecule has 0 aromatic carbocycles. The Morgan fingerprint density at radius 2 is 2.23 bits per heavy atom. The fraction of sp³-hybridized carbons (Fsp3) is 1.00. The van der Waals surface area contributed by atoms with E-state index in [1.807, 2.05) is 0 Å².